The van der Waals surface area contributed by atoms with Gasteiger partial charge in [-0.2, -0.15) is 0 Å². The van der Waals surface area contributed by atoms with E-state index in [4.69, 9.17) is 9.47 Å². The summed E-state index contributed by atoms with van der Waals surface area (Å²) in [5.74, 6) is 2.17. The van der Waals surface area contributed by atoms with Crippen molar-refractivity contribution in [1.82, 2.24) is 14.9 Å². The number of benzene rings is 1. The maximum absolute atomic E-state index is 10.9. The third kappa shape index (κ3) is 4.26. The van der Waals surface area contributed by atoms with Crippen molar-refractivity contribution in [1.29, 1.82) is 0 Å². The average molecular weight is 388 g/mol. The molecule has 3 rings (SSSR count). The molecule has 0 radical (unpaired) electrons. The van der Waals surface area contributed by atoms with Gasteiger partial charge in [-0.25, -0.2) is 4.98 Å². The fraction of sp³-hybridized carbons (Fsp3) is 0.278. The average Bonchev–Trinajstić information content (AvgIpc) is 3.31. The van der Waals surface area contributed by atoms with Crippen LogP contribution in [0.3, 0.4) is 0 Å². The summed E-state index contributed by atoms with van der Waals surface area (Å²) in [5.41, 5.74) is 1.77. The van der Waals surface area contributed by atoms with Gasteiger partial charge in [-0.1, -0.05) is 11.3 Å². The molecule has 0 fully saturated rings. The zero-order valence-electron chi connectivity index (χ0n) is 15.2. The van der Waals surface area contributed by atoms with Crippen LogP contribution in [-0.2, 0) is 13.6 Å². The molecule has 0 aliphatic heterocycles. The Bertz CT molecular complexity index is 915. The topological polar surface area (TPSA) is 91.4 Å². The van der Waals surface area contributed by atoms with Gasteiger partial charge >= 0.3 is 5.00 Å². The predicted octanol–water partition coefficient (Wildman–Crippen LogP) is 3.29. The monoisotopic (exact) mass is 388 g/mol. The molecule has 0 spiro atoms. The third-order valence-electron chi connectivity index (χ3n) is 4.15. The second kappa shape index (κ2) is 8.19. The Morgan fingerprint density at radius 3 is 2.48 bits per heavy atom. The standard InChI is InChI=1S/C18H20N4O4S/c1-21-5-4-19-18(21)17(13-7-14(25-2)9-15(8-13)26-3)20-10-12-6-16(22(23)24)27-11-12/h4-9,11,17,20H,10H2,1-3H3. The number of hydrogen-bond acceptors (Lipinski definition) is 7. The van der Waals surface area contributed by atoms with Crippen molar-refractivity contribution >= 4 is 16.3 Å². The largest absolute Gasteiger partial charge is 0.497 e. The van der Waals surface area contributed by atoms with Crippen LogP contribution in [0, 0.1) is 10.1 Å². The molecule has 142 valence electrons. The van der Waals surface area contributed by atoms with Crippen molar-refractivity contribution in [2.24, 2.45) is 7.05 Å². The van der Waals surface area contributed by atoms with Gasteiger partial charge in [0.05, 0.1) is 25.2 Å². The predicted molar refractivity (Wildman–Crippen MR) is 102 cm³/mol. The molecule has 8 nitrogen and oxygen atoms in total. The van der Waals surface area contributed by atoms with Gasteiger partial charge in [0.1, 0.15) is 17.3 Å². The van der Waals surface area contributed by atoms with Crippen LogP contribution in [0.5, 0.6) is 11.5 Å². The molecule has 2 heterocycles. The van der Waals surface area contributed by atoms with Crippen molar-refractivity contribution in [3.8, 4) is 11.5 Å². The molecule has 27 heavy (non-hydrogen) atoms. The zero-order valence-corrected chi connectivity index (χ0v) is 16.0. The van der Waals surface area contributed by atoms with Crippen LogP contribution in [0.4, 0.5) is 5.00 Å². The molecule has 0 saturated carbocycles. The summed E-state index contributed by atoms with van der Waals surface area (Å²) in [4.78, 5) is 15.0. The Labute approximate surface area is 160 Å². The molecule has 1 aromatic carbocycles. The van der Waals surface area contributed by atoms with E-state index in [1.807, 2.05) is 29.9 Å². The van der Waals surface area contributed by atoms with Crippen molar-refractivity contribution in [3.05, 3.63) is 69.1 Å². The Kier molecular flexibility index (Phi) is 5.72. The van der Waals surface area contributed by atoms with E-state index in [1.54, 1.807) is 37.9 Å². The van der Waals surface area contributed by atoms with Gasteiger partial charge in [-0.3, -0.25) is 15.4 Å². The molecule has 3 aromatic rings. The molecule has 0 saturated heterocycles. The molecular weight excluding hydrogens is 368 g/mol. The highest BCUT2D eigenvalue weighted by atomic mass is 32.1. The second-order valence-corrected chi connectivity index (χ2v) is 6.80. The van der Waals surface area contributed by atoms with E-state index >= 15 is 0 Å². The lowest BCUT2D eigenvalue weighted by molar-refractivity contribution is -0.380. The normalized spacial score (nSPS) is 12.0. The Balaban J connectivity index is 1.92. The van der Waals surface area contributed by atoms with E-state index in [-0.39, 0.29) is 16.0 Å². The van der Waals surface area contributed by atoms with Gasteiger partial charge in [0.2, 0.25) is 0 Å². The number of rotatable bonds is 8. The number of hydrogen-bond donors (Lipinski definition) is 1. The molecule has 0 aliphatic rings. The summed E-state index contributed by atoms with van der Waals surface area (Å²) in [6.07, 6.45) is 3.60. The molecule has 2 aromatic heterocycles. The van der Waals surface area contributed by atoms with Crippen LogP contribution in [0.1, 0.15) is 23.0 Å². The van der Waals surface area contributed by atoms with E-state index in [0.717, 1.165) is 28.3 Å². The molecule has 1 N–H and O–H groups in total. The number of methoxy groups -OCH3 is 2. The van der Waals surface area contributed by atoms with Gasteiger partial charge in [0.25, 0.3) is 0 Å². The molecule has 9 heteroatoms. The van der Waals surface area contributed by atoms with Gasteiger partial charge in [-0.15, -0.1) is 0 Å². The van der Waals surface area contributed by atoms with Crippen LogP contribution in [0.25, 0.3) is 0 Å². The minimum absolute atomic E-state index is 0.128. The zero-order chi connectivity index (χ0) is 19.4. The van der Waals surface area contributed by atoms with Crippen molar-refractivity contribution in [2.45, 2.75) is 12.6 Å². The highest BCUT2D eigenvalue weighted by molar-refractivity contribution is 7.13. The van der Waals surface area contributed by atoms with Gasteiger partial charge in [-0.05, 0) is 23.3 Å². The van der Waals surface area contributed by atoms with E-state index in [0.29, 0.717) is 18.0 Å². The molecule has 1 atom stereocenters. The highest BCUT2D eigenvalue weighted by Crippen LogP contribution is 2.30. The molecule has 0 bridgehead atoms. The summed E-state index contributed by atoms with van der Waals surface area (Å²) >= 11 is 1.12. The number of nitro groups is 1. The minimum atomic E-state index is -0.378. The number of thiophene rings is 1. The first-order valence-electron chi connectivity index (χ1n) is 8.17. The molecule has 1 unspecified atom stereocenters. The number of imidazole rings is 1. The van der Waals surface area contributed by atoms with Gasteiger partial charge < -0.3 is 14.0 Å². The highest BCUT2D eigenvalue weighted by Gasteiger charge is 2.20. The van der Waals surface area contributed by atoms with E-state index in [1.165, 1.54) is 0 Å². The first kappa shape index (κ1) is 18.9. The summed E-state index contributed by atoms with van der Waals surface area (Å²) in [5, 5.41) is 16.3. The Morgan fingerprint density at radius 2 is 1.96 bits per heavy atom. The van der Waals surface area contributed by atoms with Crippen LogP contribution in [0.15, 0.2) is 42.0 Å². The van der Waals surface area contributed by atoms with Crippen molar-refractivity contribution < 1.29 is 14.4 Å². The van der Waals surface area contributed by atoms with Crippen molar-refractivity contribution in [2.75, 3.05) is 14.2 Å². The summed E-state index contributed by atoms with van der Waals surface area (Å²) in [6, 6.07) is 6.99. The van der Waals surface area contributed by atoms with Crippen LogP contribution < -0.4 is 14.8 Å². The fourth-order valence-corrected chi connectivity index (χ4v) is 3.51. The van der Waals surface area contributed by atoms with Crippen LogP contribution >= 0.6 is 11.3 Å². The van der Waals surface area contributed by atoms with E-state index in [9.17, 15) is 10.1 Å². The molecule has 0 aliphatic carbocycles. The number of aromatic nitrogens is 2. The summed E-state index contributed by atoms with van der Waals surface area (Å²) in [7, 11) is 5.13. The quantitative estimate of drug-likeness (QED) is 0.470. The van der Waals surface area contributed by atoms with Gasteiger partial charge in [0, 0.05) is 43.5 Å². The van der Waals surface area contributed by atoms with Crippen LogP contribution in [0.2, 0.25) is 0 Å². The first-order chi connectivity index (χ1) is 13.0. The lowest BCUT2D eigenvalue weighted by Gasteiger charge is -2.20. The molecular formula is C18H20N4O4S. The Hall–Kier alpha value is -2.91. The maximum atomic E-state index is 10.9. The third-order valence-corrected chi connectivity index (χ3v) is 5.08. The van der Waals surface area contributed by atoms with E-state index in [2.05, 4.69) is 10.3 Å². The number of aryl methyl sites for hydroxylation is 1. The first-order valence-corrected chi connectivity index (χ1v) is 9.05. The maximum Gasteiger partial charge on any atom is 0.324 e. The van der Waals surface area contributed by atoms with E-state index < -0.39 is 0 Å². The number of ether oxygens (including phenoxy) is 2. The minimum Gasteiger partial charge on any atom is -0.497 e. The second-order valence-electron chi connectivity index (χ2n) is 5.91. The molecule has 0 amide bonds. The van der Waals surface area contributed by atoms with Crippen LogP contribution in [-0.4, -0.2) is 28.7 Å². The lowest BCUT2D eigenvalue weighted by Crippen LogP contribution is -2.24. The van der Waals surface area contributed by atoms with Crippen molar-refractivity contribution in [3.63, 3.8) is 0 Å². The van der Waals surface area contributed by atoms with Gasteiger partial charge in [0.15, 0.2) is 0 Å². The number of nitrogens with one attached hydrogen (secondary N) is 1. The fourth-order valence-electron chi connectivity index (χ4n) is 2.78. The lowest BCUT2D eigenvalue weighted by atomic mass is 10.0. The summed E-state index contributed by atoms with van der Waals surface area (Å²) in [6.45, 7) is 0.460. The number of nitrogens with zero attached hydrogens (tertiary/aromatic N) is 3. The smallest absolute Gasteiger partial charge is 0.324 e. The Morgan fingerprint density at radius 1 is 1.26 bits per heavy atom. The summed E-state index contributed by atoms with van der Waals surface area (Å²) < 4.78 is 12.7. The SMILES string of the molecule is COc1cc(OC)cc(C(NCc2csc([N+](=O)[O-])c2)c2nccn2C)c1.